The lowest BCUT2D eigenvalue weighted by molar-refractivity contribution is -0.0776. The number of ether oxygens (including phenoxy) is 2. The van der Waals surface area contributed by atoms with Gasteiger partial charge in [-0.25, -0.2) is 4.98 Å². The molecule has 0 aliphatic carbocycles. The Hall–Kier alpha value is -1.09. The quantitative estimate of drug-likeness (QED) is 0.782. The first-order chi connectivity index (χ1) is 8.70. The molecule has 1 aliphatic heterocycles. The van der Waals surface area contributed by atoms with E-state index in [1.165, 1.54) is 0 Å². The molecule has 18 heavy (non-hydrogen) atoms. The van der Waals surface area contributed by atoms with E-state index in [0.717, 1.165) is 22.0 Å². The van der Waals surface area contributed by atoms with E-state index in [2.05, 4.69) is 11.1 Å². The molecule has 1 fully saturated rings. The molecule has 0 amide bonds. The SMILES string of the molecule is Cc1cc(C)c(C#N)c(SCC2COCCO2)n1. The number of hydrogen-bond donors (Lipinski definition) is 0. The predicted molar refractivity (Wildman–Crippen MR) is 69.7 cm³/mol. The molecule has 2 heterocycles. The Morgan fingerprint density at radius 2 is 2.33 bits per heavy atom. The molecule has 2 rings (SSSR count). The van der Waals surface area contributed by atoms with Crippen LogP contribution < -0.4 is 0 Å². The molecule has 0 radical (unpaired) electrons. The van der Waals surface area contributed by atoms with Crippen molar-refractivity contribution in [1.29, 1.82) is 5.26 Å². The van der Waals surface area contributed by atoms with Gasteiger partial charge in [0.25, 0.3) is 0 Å². The summed E-state index contributed by atoms with van der Waals surface area (Å²) in [4.78, 5) is 4.43. The van der Waals surface area contributed by atoms with Crippen LogP contribution in [0.2, 0.25) is 0 Å². The van der Waals surface area contributed by atoms with Crippen LogP contribution in [-0.4, -0.2) is 36.7 Å². The van der Waals surface area contributed by atoms with E-state index in [0.29, 0.717) is 25.4 Å². The Morgan fingerprint density at radius 3 is 3.00 bits per heavy atom. The first-order valence-electron chi connectivity index (χ1n) is 5.91. The second-order valence-electron chi connectivity index (χ2n) is 4.25. The van der Waals surface area contributed by atoms with Crippen molar-refractivity contribution < 1.29 is 9.47 Å². The van der Waals surface area contributed by atoms with Crippen LogP contribution in [0.25, 0.3) is 0 Å². The minimum absolute atomic E-state index is 0.0953. The number of pyridine rings is 1. The van der Waals surface area contributed by atoms with E-state index in [4.69, 9.17) is 14.7 Å². The highest BCUT2D eigenvalue weighted by atomic mass is 32.2. The van der Waals surface area contributed by atoms with Crippen molar-refractivity contribution in [1.82, 2.24) is 4.98 Å². The molecule has 0 spiro atoms. The molecule has 5 heteroatoms. The molecule has 0 N–H and O–H groups in total. The topological polar surface area (TPSA) is 55.1 Å². The summed E-state index contributed by atoms with van der Waals surface area (Å²) in [6, 6.07) is 4.16. The van der Waals surface area contributed by atoms with Gasteiger partial charge in [0, 0.05) is 11.4 Å². The second kappa shape index (κ2) is 6.19. The van der Waals surface area contributed by atoms with Gasteiger partial charge in [0.2, 0.25) is 0 Å². The molecule has 0 aromatic carbocycles. The van der Waals surface area contributed by atoms with Gasteiger partial charge in [0.1, 0.15) is 11.1 Å². The normalized spacial score (nSPS) is 19.5. The largest absolute Gasteiger partial charge is 0.376 e. The van der Waals surface area contributed by atoms with Gasteiger partial charge >= 0.3 is 0 Å². The first-order valence-corrected chi connectivity index (χ1v) is 6.89. The average Bonchev–Trinajstić information content (AvgIpc) is 2.37. The van der Waals surface area contributed by atoms with Crippen LogP contribution in [0, 0.1) is 25.2 Å². The average molecular weight is 264 g/mol. The van der Waals surface area contributed by atoms with Gasteiger partial charge in [0.05, 0.1) is 31.5 Å². The van der Waals surface area contributed by atoms with Gasteiger partial charge in [0.15, 0.2) is 0 Å². The number of aromatic nitrogens is 1. The molecule has 0 saturated carbocycles. The fourth-order valence-electron chi connectivity index (χ4n) is 1.85. The lowest BCUT2D eigenvalue weighted by Gasteiger charge is -2.22. The number of aryl methyl sites for hydroxylation is 2. The maximum absolute atomic E-state index is 9.17. The predicted octanol–water partition coefficient (Wildman–Crippen LogP) is 2.08. The van der Waals surface area contributed by atoms with Crippen molar-refractivity contribution >= 4 is 11.8 Å². The second-order valence-corrected chi connectivity index (χ2v) is 5.26. The zero-order valence-corrected chi connectivity index (χ0v) is 11.4. The number of nitrogens with zero attached hydrogens (tertiary/aromatic N) is 2. The minimum atomic E-state index is 0.0953. The molecular weight excluding hydrogens is 248 g/mol. The van der Waals surface area contributed by atoms with Crippen molar-refractivity contribution in [3.8, 4) is 6.07 Å². The lowest BCUT2D eigenvalue weighted by atomic mass is 10.1. The highest BCUT2D eigenvalue weighted by Gasteiger charge is 2.17. The monoisotopic (exact) mass is 264 g/mol. The van der Waals surface area contributed by atoms with E-state index in [-0.39, 0.29) is 6.10 Å². The highest BCUT2D eigenvalue weighted by Crippen LogP contribution is 2.25. The summed E-state index contributed by atoms with van der Waals surface area (Å²) in [5.74, 6) is 0.768. The Bertz CT molecular complexity index is 465. The van der Waals surface area contributed by atoms with Crippen LogP contribution in [0.4, 0.5) is 0 Å². The van der Waals surface area contributed by atoms with Gasteiger partial charge in [-0.15, -0.1) is 11.8 Å². The van der Waals surface area contributed by atoms with E-state index in [1.54, 1.807) is 11.8 Å². The van der Waals surface area contributed by atoms with Crippen molar-refractivity contribution in [2.45, 2.75) is 25.0 Å². The van der Waals surface area contributed by atoms with Crippen LogP contribution in [-0.2, 0) is 9.47 Å². The minimum Gasteiger partial charge on any atom is -0.376 e. The molecule has 1 saturated heterocycles. The zero-order chi connectivity index (χ0) is 13.0. The summed E-state index contributed by atoms with van der Waals surface area (Å²) in [5.41, 5.74) is 2.59. The Balaban J connectivity index is 2.06. The maximum atomic E-state index is 9.17. The van der Waals surface area contributed by atoms with Crippen molar-refractivity contribution in [2.75, 3.05) is 25.6 Å². The number of rotatable bonds is 3. The fourth-order valence-corrected chi connectivity index (χ4v) is 2.94. The zero-order valence-electron chi connectivity index (χ0n) is 10.6. The van der Waals surface area contributed by atoms with Crippen LogP contribution in [0.1, 0.15) is 16.8 Å². The third-order valence-electron chi connectivity index (χ3n) is 2.71. The maximum Gasteiger partial charge on any atom is 0.114 e. The van der Waals surface area contributed by atoms with Gasteiger partial charge in [-0.05, 0) is 25.5 Å². The number of thioether (sulfide) groups is 1. The molecular formula is C13H16N2O2S. The lowest BCUT2D eigenvalue weighted by Crippen LogP contribution is -2.30. The Labute approximate surface area is 111 Å². The van der Waals surface area contributed by atoms with E-state index in [1.807, 2.05) is 19.9 Å². The molecule has 96 valence electrons. The van der Waals surface area contributed by atoms with Crippen molar-refractivity contribution in [3.05, 3.63) is 22.9 Å². The molecule has 1 atom stereocenters. The number of hydrogen-bond acceptors (Lipinski definition) is 5. The van der Waals surface area contributed by atoms with Crippen LogP contribution in [0.15, 0.2) is 11.1 Å². The standard InChI is InChI=1S/C13H16N2O2S/c1-9-5-10(2)15-13(12(9)6-14)18-8-11-7-16-3-4-17-11/h5,11H,3-4,7-8H2,1-2H3. The molecule has 1 unspecified atom stereocenters. The number of nitriles is 1. The first kappa shape index (κ1) is 13.3. The van der Waals surface area contributed by atoms with Crippen molar-refractivity contribution in [3.63, 3.8) is 0 Å². The van der Waals surface area contributed by atoms with Crippen molar-refractivity contribution in [2.24, 2.45) is 0 Å². The third kappa shape index (κ3) is 3.22. The summed E-state index contributed by atoms with van der Waals surface area (Å²) in [5, 5.41) is 9.96. The highest BCUT2D eigenvalue weighted by molar-refractivity contribution is 7.99. The van der Waals surface area contributed by atoms with E-state index >= 15 is 0 Å². The Morgan fingerprint density at radius 1 is 1.50 bits per heavy atom. The molecule has 1 aromatic heterocycles. The summed E-state index contributed by atoms with van der Waals surface area (Å²) in [6.45, 7) is 5.83. The summed E-state index contributed by atoms with van der Waals surface area (Å²) < 4.78 is 10.9. The molecule has 1 aromatic rings. The van der Waals surface area contributed by atoms with E-state index < -0.39 is 0 Å². The van der Waals surface area contributed by atoms with Crippen LogP contribution >= 0.6 is 11.8 Å². The molecule has 0 bridgehead atoms. The van der Waals surface area contributed by atoms with Gasteiger partial charge in [-0.3, -0.25) is 0 Å². The smallest absolute Gasteiger partial charge is 0.114 e. The van der Waals surface area contributed by atoms with Gasteiger partial charge < -0.3 is 9.47 Å². The summed E-state index contributed by atoms with van der Waals surface area (Å²) in [7, 11) is 0. The molecule has 4 nitrogen and oxygen atoms in total. The summed E-state index contributed by atoms with van der Waals surface area (Å²) in [6.07, 6.45) is 0.0953. The van der Waals surface area contributed by atoms with Gasteiger partial charge in [-0.2, -0.15) is 5.26 Å². The Kier molecular flexibility index (Phi) is 4.59. The van der Waals surface area contributed by atoms with Gasteiger partial charge in [-0.1, -0.05) is 0 Å². The fraction of sp³-hybridized carbons (Fsp3) is 0.538. The third-order valence-corrected chi connectivity index (χ3v) is 3.82. The van der Waals surface area contributed by atoms with Crippen LogP contribution in [0.3, 0.4) is 0 Å². The molecule has 1 aliphatic rings. The van der Waals surface area contributed by atoms with Crippen LogP contribution in [0.5, 0.6) is 0 Å². The summed E-state index contributed by atoms with van der Waals surface area (Å²) >= 11 is 1.57. The van der Waals surface area contributed by atoms with E-state index in [9.17, 15) is 0 Å².